The predicted molar refractivity (Wildman–Crippen MR) is 81.0 cm³/mol. The highest BCUT2D eigenvalue weighted by atomic mass is 16.1. The zero-order valence-electron chi connectivity index (χ0n) is 12.9. The first-order chi connectivity index (χ1) is 9.19. The number of carbonyl (C=O) groups is 1. The molecule has 0 aliphatic heterocycles. The lowest BCUT2D eigenvalue weighted by molar-refractivity contribution is -0.112. The maximum atomic E-state index is 10.7. The van der Waals surface area contributed by atoms with Crippen molar-refractivity contribution in [1.29, 1.82) is 0 Å². The lowest BCUT2D eigenvalue weighted by Gasteiger charge is -2.33. The second-order valence-corrected chi connectivity index (χ2v) is 7.50. The summed E-state index contributed by atoms with van der Waals surface area (Å²) in [6, 6.07) is 0. The molecular weight excluding hydrogens is 232 g/mol. The maximum absolute atomic E-state index is 10.7. The highest BCUT2D eigenvalue weighted by Crippen LogP contribution is 2.37. The molecule has 2 aliphatic carbocycles. The zero-order chi connectivity index (χ0) is 13.7. The molecule has 0 heterocycles. The highest BCUT2D eigenvalue weighted by Gasteiger charge is 2.25. The Morgan fingerprint density at radius 2 is 1.68 bits per heavy atom. The van der Waals surface area contributed by atoms with Gasteiger partial charge in [0.25, 0.3) is 0 Å². The van der Waals surface area contributed by atoms with Crippen LogP contribution < -0.4 is 0 Å². The lowest BCUT2D eigenvalue weighted by Crippen LogP contribution is -2.22. The standard InChI is InChI=1S/C18H32O/c1-14-6-11-18(15(2)12-14)5-3-4-16-7-9-17(13-19)10-8-16/h13-18H,3-12H2,1-2H3. The van der Waals surface area contributed by atoms with E-state index in [1.165, 1.54) is 57.7 Å². The molecule has 19 heavy (non-hydrogen) atoms. The first kappa shape index (κ1) is 15.1. The van der Waals surface area contributed by atoms with Gasteiger partial charge in [-0.1, -0.05) is 39.5 Å². The van der Waals surface area contributed by atoms with Gasteiger partial charge in [-0.15, -0.1) is 0 Å². The Hall–Kier alpha value is -0.330. The number of rotatable bonds is 5. The molecule has 110 valence electrons. The molecule has 0 aromatic rings. The fourth-order valence-corrected chi connectivity index (χ4v) is 4.44. The third kappa shape index (κ3) is 4.61. The fraction of sp³-hybridized carbons (Fsp3) is 0.944. The molecule has 0 amide bonds. The highest BCUT2D eigenvalue weighted by molar-refractivity contribution is 5.53. The molecule has 2 saturated carbocycles. The fourth-order valence-electron chi connectivity index (χ4n) is 4.44. The second kappa shape index (κ2) is 7.45. The first-order valence-electron chi connectivity index (χ1n) is 8.64. The molecule has 3 unspecified atom stereocenters. The zero-order valence-corrected chi connectivity index (χ0v) is 12.9. The van der Waals surface area contributed by atoms with Gasteiger partial charge in [-0.05, 0) is 62.2 Å². The average Bonchev–Trinajstić information content (AvgIpc) is 2.42. The Morgan fingerprint density at radius 1 is 0.947 bits per heavy atom. The molecule has 1 heteroatoms. The lowest BCUT2D eigenvalue weighted by atomic mass is 9.73. The quantitative estimate of drug-likeness (QED) is 0.621. The summed E-state index contributed by atoms with van der Waals surface area (Å²) in [7, 11) is 0. The van der Waals surface area contributed by atoms with E-state index >= 15 is 0 Å². The van der Waals surface area contributed by atoms with Crippen LogP contribution in [0.1, 0.15) is 78.1 Å². The van der Waals surface area contributed by atoms with E-state index in [0.717, 1.165) is 36.5 Å². The molecule has 1 nitrogen and oxygen atoms in total. The van der Waals surface area contributed by atoms with E-state index in [2.05, 4.69) is 13.8 Å². The minimum absolute atomic E-state index is 0.385. The SMILES string of the molecule is CC1CCC(CCCC2CCC(C=O)CC2)C(C)C1. The van der Waals surface area contributed by atoms with E-state index in [9.17, 15) is 4.79 Å². The number of hydrogen-bond acceptors (Lipinski definition) is 1. The molecule has 2 fully saturated rings. The van der Waals surface area contributed by atoms with Crippen molar-refractivity contribution < 1.29 is 4.79 Å². The van der Waals surface area contributed by atoms with E-state index in [-0.39, 0.29) is 0 Å². The van der Waals surface area contributed by atoms with Crippen molar-refractivity contribution in [2.45, 2.75) is 78.1 Å². The molecule has 0 N–H and O–H groups in total. The number of hydrogen-bond donors (Lipinski definition) is 0. The summed E-state index contributed by atoms with van der Waals surface area (Å²) < 4.78 is 0. The molecule has 3 atom stereocenters. The van der Waals surface area contributed by atoms with Crippen LogP contribution in [0.25, 0.3) is 0 Å². The second-order valence-electron chi connectivity index (χ2n) is 7.50. The van der Waals surface area contributed by atoms with Gasteiger partial charge in [0, 0.05) is 5.92 Å². The molecule has 2 aliphatic rings. The van der Waals surface area contributed by atoms with E-state index in [1.54, 1.807) is 0 Å². The van der Waals surface area contributed by atoms with Crippen LogP contribution in [0.2, 0.25) is 0 Å². The van der Waals surface area contributed by atoms with Crippen molar-refractivity contribution in [2.75, 3.05) is 0 Å². The summed E-state index contributed by atoms with van der Waals surface area (Å²) in [6.07, 6.45) is 14.8. The summed E-state index contributed by atoms with van der Waals surface area (Å²) in [5.41, 5.74) is 0. The Morgan fingerprint density at radius 3 is 2.32 bits per heavy atom. The third-order valence-electron chi connectivity index (χ3n) is 5.88. The number of carbonyl (C=O) groups excluding carboxylic acids is 1. The van der Waals surface area contributed by atoms with Crippen LogP contribution in [0.5, 0.6) is 0 Å². The van der Waals surface area contributed by atoms with Gasteiger partial charge in [-0.3, -0.25) is 0 Å². The molecule has 0 saturated heterocycles. The van der Waals surface area contributed by atoms with E-state index in [0.29, 0.717) is 5.92 Å². The van der Waals surface area contributed by atoms with Crippen molar-refractivity contribution >= 4 is 6.29 Å². The predicted octanol–water partition coefficient (Wildman–Crippen LogP) is 5.23. The van der Waals surface area contributed by atoms with Gasteiger partial charge in [0.15, 0.2) is 0 Å². The average molecular weight is 264 g/mol. The van der Waals surface area contributed by atoms with Crippen LogP contribution in [-0.2, 0) is 4.79 Å². The van der Waals surface area contributed by atoms with Crippen LogP contribution >= 0.6 is 0 Å². The molecule has 0 aromatic heterocycles. The van der Waals surface area contributed by atoms with Gasteiger partial charge in [-0.2, -0.15) is 0 Å². The molecule has 0 spiro atoms. The van der Waals surface area contributed by atoms with Gasteiger partial charge in [0.05, 0.1) is 0 Å². The topological polar surface area (TPSA) is 17.1 Å². The van der Waals surface area contributed by atoms with Crippen LogP contribution in [0, 0.1) is 29.6 Å². The van der Waals surface area contributed by atoms with E-state index in [4.69, 9.17) is 0 Å². The summed E-state index contributed by atoms with van der Waals surface area (Å²) >= 11 is 0. The minimum atomic E-state index is 0.385. The Kier molecular flexibility index (Phi) is 5.91. The third-order valence-corrected chi connectivity index (χ3v) is 5.88. The molecule has 0 bridgehead atoms. The minimum Gasteiger partial charge on any atom is -0.303 e. The smallest absolute Gasteiger partial charge is 0.123 e. The molecular formula is C18H32O. The van der Waals surface area contributed by atoms with Crippen LogP contribution in [0.3, 0.4) is 0 Å². The monoisotopic (exact) mass is 264 g/mol. The van der Waals surface area contributed by atoms with Crippen LogP contribution in [0.4, 0.5) is 0 Å². The molecule has 0 aromatic carbocycles. The number of aldehydes is 1. The first-order valence-corrected chi connectivity index (χ1v) is 8.64. The summed E-state index contributed by atoms with van der Waals surface area (Å²) in [5.74, 6) is 4.23. The van der Waals surface area contributed by atoms with Crippen molar-refractivity contribution in [2.24, 2.45) is 29.6 Å². The largest absolute Gasteiger partial charge is 0.303 e. The maximum Gasteiger partial charge on any atom is 0.123 e. The molecule has 0 radical (unpaired) electrons. The van der Waals surface area contributed by atoms with Gasteiger partial charge in [0.1, 0.15) is 6.29 Å². The van der Waals surface area contributed by atoms with Crippen LogP contribution in [-0.4, -0.2) is 6.29 Å². The van der Waals surface area contributed by atoms with Gasteiger partial charge >= 0.3 is 0 Å². The Balaban J connectivity index is 1.60. The normalized spacial score (nSPS) is 40.0. The van der Waals surface area contributed by atoms with Crippen molar-refractivity contribution in [1.82, 2.24) is 0 Å². The molecule has 2 rings (SSSR count). The van der Waals surface area contributed by atoms with Crippen molar-refractivity contribution in [3.05, 3.63) is 0 Å². The summed E-state index contributed by atoms with van der Waals surface area (Å²) in [6.45, 7) is 4.88. The van der Waals surface area contributed by atoms with Crippen molar-refractivity contribution in [3.8, 4) is 0 Å². The van der Waals surface area contributed by atoms with Gasteiger partial charge in [0.2, 0.25) is 0 Å². The van der Waals surface area contributed by atoms with Crippen molar-refractivity contribution in [3.63, 3.8) is 0 Å². The van der Waals surface area contributed by atoms with E-state index in [1.807, 2.05) is 0 Å². The Labute approximate surface area is 119 Å². The summed E-state index contributed by atoms with van der Waals surface area (Å²) in [4.78, 5) is 10.7. The van der Waals surface area contributed by atoms with Crippen LogP contribution in [0.15, 0.2) is 0 Å². The Bertz CT molecular complexity index is 265. The van der Waals surface area contributed by atoms with E-state index < -0.39 is 0 Å². The van der Waals surface area contributed by atoms with Gasteiger partial charge < -0.3 is 4.79 Å². The van der Waals surface area contributed by atoms with Gasteiger partial charge in [-0.25, -0.2) is 0 Å². The summed E-state index contributed by atoms with van der Waals surface area (Å²) in [5, 5.41) is 0.